The highest BCUT2D eigenvalue weighted by Crippen LogP contribution is 2.63. The monoisotopic (exact) mass is 442 g/mol. The Morgan fingerprint density at radius 2 is 1.81 bits per heavy atom. The number of aryl methyl sites for hydroxylation is 1. The molecule has 162 valence electrons. The van der Waals surface area contributed by atoms with E-state index in [9.17, 15) is 4.79 Å². The Balaban J connectivity index is 1.34. The van der Waals surface area contributed by atoms with Crippen molar-refractivity contribution in [1.29, 1.82) is 0 Å². The topological polar surface area (TPSA) is 41.1 Å². The van der Waals surface area contributed by atoms with Crippen LogP contribution in [0.1, 0.15) is 58.3 Å². The van der Waals surface area contributed by atoms with E-state index in [1.165, 1.54) is 36.1 Å². The lowest BCUT2D eigenvalue weighted by Crippen LogP contribution is -2.35. The second-order valence-corrected chi connectivity index (χ2v) is 10.1. The van der Waals surface area contributed by atoms with Crippen LogP contribution < -0.4 is 10.6 Å². The van der Waals surface area contributed by atoms with Crippen molar-refractivity contribution in [2.24, 2.45) is 17.8 Å². The van der Waals surface area contributed by atoms with Crippen LogP contribution in [-0.4, -0.2) is 5.91 Å². The molecule has 0 unspecified atom stereocenters. The molecule has 32 heavy (non-hydrogen) atoms. The molecule has 0 radical (unpaired) electrons. The molecule has 3 aliphatic rings. The Bertz CT molecular complexity index is 1190. The maximum atomic E-state index is 13.1. The van der Waals surface area contributed by atoms with Gasteiger partial charge in [-0.25, -0.2) is 0 Å². The zero-order chi connectivity index (χ0) is 21.8. The van der Waals surface area contributed by atoms with Crippen LogP contribution in [0.3, 0.4) is 0 Å². The van der Waals surface area contributed by atoms with Gasteiger partial charge in [0.25, 0.3) is 5.91 Å². The lowest BCUT2D eigenvalue weighted by atomic mass is 9.68. The third-order valence-electron chi connectivity index (χ3n) is 7.94. The summed E-state index contributed by atoms with van der Waals surface area (Å²) in [5.74, 6) is 2.53. The van der Waals surface area contributed by atoms with Gasteiger partial charge < -0.3 is 10.6 Å². The summed E-state index contributed by atoms with van der Waals surface area (Å²) in [5.41, 5.74) is 6.32. The molecular formula is C28H27ClN2O. The predicted octanol–water partition coefficient (Wildman–Crippen LogP) is 7.20. The first kappa shape index (κ1) is 19.9. The van der Waals surface area contributed by atoms with Crippen LogP contribution in [0.5, 0.6) is 0 Å². The van der Waals surface area contributed by atoms with E-state index in [2.05, 4.69) is 53.1 Å². The molecule has 2 bridgehead atoms. The molecule has 0 saturated heterocycles. The second kappa shape index (κ2) is 7.67. The number of carbonyl (C=O) groups is 1. The molecule has 4 heteroatoms. The number of benzene rings is 3. The van der Waals surface area contributed by atoms with Gasteiger partial charge in [0.15, 0.2) is 0 Å². The van der Waals surface area contributed by atoms with Crippen LogP contribution in [0.2, 0.25) is 5.02 Å². The van der Waals surface area contributed by atoms with Crippen molar-refractivity contribution in [3.8, 4) is 0 Å². The SMILES string of the molecule is Cc1ccc(NC(=O)c2ccc3c(c2)[C@@H]2[C@H]4CC[C@@H](C4)[C@@H]2[C@H](c2ccccc2)N3)cc1Cl. The van der Waals surface area contributed by atoms with Gasteiger partial charge >= 0.3 is 0 Å². The van der Waals surface area contributed by atoms with Crippen LogP contribution in [-0.2, 0) is 0 Å². The second-order valence-electron chi connectivity index (χ2n) is 9.69. The summed E-state index contributed by atoms with van der Waals surface area (Å²) in [7, 11) is 0. The Labute approximate surface area is 194 Å². The number of rotatable bonds is 3. The third kappa shape index (κ3) is 3.22. The Morgan fingerprint density at radius 3 is 2.62 bits per heavy atom. The number of halogens is 1. The zero-order valence-corrected chi connectivity index (χ0v) is 18.9. The smallest absolute Gasteiger partial charge is 0.255 e. The number of carbonyl (C=O) groups excluding carboxylic acids is 1. The van der Waals surface area contributed by atoms with Gasteiger partial charge in [0.2, 0.25) is 0 Å². The Kier molecular flexibility index (Phi) is 4.76. The highest BCUT2D eigenvalue weighted by molar-refractivity contribution is 6.31. The van der Waals surface area contributed by atoms with Gasteiger partial charge in [-0.1, -0.05) is 48.0 Å². The number of anilines is 2. The average Bonchev–Trinajstić information content (AvgIpc) is 3.44. The fraction of sp³-hybridized carbons (Fsp3) is 0.321. The first-order valence-electron chi connectivity index (χ1n) is 11.6. The van der Waals surface area contributed by atoms with Crippen molar-refractivity contribution in [3.05, 3.63) is 94.0 Å². The fourth-order valence-corrected chi connectivity index (χ4v) is 6.67. The molecule has 0 aromatic heterocycles. The van der Waals surface area contributed by atoms with Crippen molar-refractivity contribution in [1.82, 2.24) is 0 Å². The van der Waals surface area contributed by atoms with Crippen LogP contribution in [0.15, 0.2) is 66.7 Å². The van der Waals surface area contributed by atoms with Crippen molar-refractivity contribution >= 4 is 28.9 Å². The summed E-state index contributed by atoms with van der Waals surface area (Å²) in [6.07, 6.45) is 3.96. The van der Waals surface area contributed by atoms with Gasteiger partial charge in [0.05, 0.1) is 6.04 Å². The van der Waals surface area contributed by atoms with E-state index in [0.29, 0.717) is 28.5 Å². The molecule has 3 nitrogen and oxygen atoms in total. The molecule has 1 heterocycles. The lowest BCUT2D eigenvalue weighted by Gasteiger charge is -2.43. The Hall–Kier alpha value is -2.78. The lowest BCUT2D eigenvalue weighted by molar-refractivity contribution is 0.102. The van der Waals surface area contributed by atoms with Crippen LogP contribution >= 0.6 is 11.6 Å². The van der Waals surface area contributed by atoms with Gasteiger partial charge in [-0.15, -0.1) is 0 Å². The van der Waals surface area contributed by atoms with E-state index in [0.717, 1.165) is 23.1 Å². The standard InChI is InChI=1S/C28H27ClN2O/c1-16-7-11-21(15-23(16)29)30-28(32)20-10-12-24-22(14-20)25-18-8-9-19(13-18)26(25)27(31-24)17-5-3-2-4-6-17/h2-7,10-12,14-15,18-19,25-27,31H,8-9,13H2,1H3,(H,30,32)/t18-,19-,25-,26-,27-/m0/s1. The normalized spacial score (nSPS) is 27.4. The molecule has 5 atom stereocenters. The minimum atomic E-state index is -0.0855. The molecule has 0 spiro atoms. The minimum absolute atomic E-state index is 0.0855. The van der Waals surface area contributed by atoms with E-state index in [1.807, 2.05) is 31.2 Å². The molecule has 6 rings (SSSR count). The van der Waals surface area contributed by atoms with E-state index in [1.54, 1.807) is 0 Å². The molecule has 1 aliphatic heterocycles. The quantitative estimate of drug-likeness (QED) is 0.450. The molecule has 3 aromatic carbocycles. The minimum Gasteiger partial charge on any atom is -0.378 e. The van der Waals surface area contributed by atoms with Crippen LogP contribution in [0, 0.1) is 24.7 Å². The van der Waals surface area contributed by atoms with Crippen molar-refractivity contribution in [3.63, 3.8) is 0 Å². The summed E-state index contributed by atoms with van der Waals surface area (Å²) in [6, 6.07) is 23.0. The Morgan fingerprint density at radius 1 is 1.00 bits per heavy atom. The molecule has 2 N–H and O–H groups in total. The number of fused-ring (bicyclic) bond motifs is 7. The molecule has 3 aromatic rings. The molecule has 2 aliphatic carbocycles. The maximum Gasteiger partial charge on any atom is 0.255 e. The number of nitrogens with one attached hydrogen (secondary N) is 2. The highest BCUT2D eigenvalue weighted by atomic mass is 35.5. The summed E-state index contributed by atoms with van der Waals surface area (Å²) < 4.78 is 0. The van der Waals surface area contributed by atoms with Crippen LogP contribution in [0.4, 0.5) is 11.4 Å². The molecule has 2 saturated carbocycles. The first-order valence-corrected chi connectivity index (χ1v) is 12.0. The van der Waals surface area contributed by atoms with Crippen molar-refractivity contribution in [2.45, 2.75) is 38.1 Å². The van der Waals surface area contributed by atoms with Crippen molar-refractivity contribution in [2.75, 3.05) is 10.6 Å². The van der Waals surface area contributed by atoms with Gasteiger partial charge in [0, 0.05) is 22.0 Å². The third-order valence-corrected chi connectivity index (χ3v) is 8.34. The summed E-state index contributed by atoms with van der Waals surface area (Å²) >= 11 is 6.24. The summed E-state index contributed by atoms with van der Waals surface area (Å²) in [5, 5.41) is 7.53. The number of amides is 1. The van der Waals surface area contributed by atoms with E-state index in [-0.39, 0.29) is 5.91 Å². The van der Waals surface area contributed by atoms with E-state index >= 15 is 0 Å². The first-order chi connectivity index (χ1) is 15.6. The highest BCUT2D eigenvalue weighted by Gasteiger charge is 2.53. The van der Waals surface area contributed by atoms with Crippen molar-refractivity contribution < 1.29 is 4.79 Å². The zero-order valence-electron chi connectivity index (χ0n) is 18.1. The summed E-state index contributed by atoms with van der Waals surface area (Å²) in [4.78, 5) is 13.1. The summed E-state index contributed by atoms with van der Waals surface area (Å²) in [6.45, 7) is 1.96. The van der Waals surface area contributed by atoms with Crippen LogP contribution in [0.25, 0.3) is 0 Å². The fourth-order valence-electron chi connectivity index (χ4n) is 6.49. The van der Waals surface area contributed by atoms with Gasteiger partial charge in [0.1, 0.15) is 0 Å². The van der Waals surface area contributed by atoms with Gasteiger partial charge in [-0.2, -0.15) is 0 Å². The predicted molar refractivity (Wildman–Crippen MR) is 130 cm³/mol. The average molecular weight is 443 g/mol. The van der Waals surface area contributed by atoms with E-state index in [4.69, 9.17) is 11.6 Å². The molecule has 2 fully saturated rings. The maximum absolute atomic E-state index is 13.1. The molecule has 1 amide bonds. The van der Waals surface area contributed by atoms with Gasteiger partial charge in [-0.3, -0.25) is 4.79 Å². The molecular weight excluding hydrogens is 416 g/mol. The number of hydrogen-bond acceptors (Lipinski definition) is 2. The largest absolute Gasteiger partial charge is 0.378 e. The van der Waals surface area contributed by atoms with Gasteiger partial charge in [-0.05, 0) is 96.9 Å². The number of hydrogen-bond donors (Lipinski definition) is 2. The van der Waals surface area contributed by atoms with E-state index < -0.39 is 0 Å².